The fraction of sp³-hybridized carbons (Fsp3) is 0.286. The Kier molecular flexibility index (Phi) is 5.96. The van der Waals surface area contributed by atoms with Crippen LogP contribution in [0.5, 0.6) is 0 Å². The topological polar surface area (TPSA) is 66.5 Å². The number of ketones is 1. The number of carbonyl (C=O) groups is 3. The number of thioether (sulfide) groups is 1. The van der Waals surface area contributed by atoms with Gasteiger partial charge in [-0.05, 0) is 48.6 Å². The lowest BCUT2D eigenvalue weighted by Crippen LogP contribution is -2.25. The summed E-state index contributed by atoms with van der Waals surface area (Å²) in [5, 5.41) is 2.84. The maximum atomic E-state index is 12.2. The van der Waals surface area contributed by atoms with Crippen LogP contribution in [0, 0.1) is 0 Å². The van der Waals surface area contributed by atoms with Crippen molar-refractivity contribution in [2.75, 3.05) is 23.0 Å². The summed E-state index contributed by atoms with van der Waals surface area (Å²) in [5.41, 5.74) is 3.28. The van der Waals surface area contributed by atoms with Crippen molar-refractivity contribution in [2.45, 2.75) is 31.1 Å². The van der Waals surface area contributed by atoms with Gasteiger partial charge in [-0.2, -0.15) is 0 Å². The number of amides is 2. The Hall–Kier alpha value is -2.60. The van der Waals surface area contributed by atoms with E-state index in [2.05, 4.69) is 5.32 Å². The summed E-state index contributed by atoms with van der Waals surface area (Å²) >= 11 is 1.62. The van der Waals surface area contributed by atoms with E-state index in [1.807, 2.05) is 30.5 Å². The van der Waals surface area contributed by atoms with Crippen LogP contribution in [0.25, 0.3) is 0 Å². The van der Waals surface area contributed by atoms with Gasteiger partial charge >= 0.3 is 0 Å². The third-order valence-corrected chi connectivity index (χ3v) is 5.37. The molecule has 0 saturated heterocycles. The number of nitrogens with zero attached hydrogens (tertiary/aromatic N) is 1. The van der Waals surface area contributed by atoms with E-state index >= 15 is 0 Å². The van der Waals surface area contributed by atoms with Crippen LogP contribution in [0.3, 0.4) is 0 Å². The number of rotatable bonds is 6. The third-order valence-electron chi connectivity index (χ3n) is 4.63. The molecule has 0 radical (unpaired) electrons. The second-order valence-electron chi connectivity index (χ2n) is 6.46. The molecule has 1 heterocycles. The molecule has 140 valence electrons. The summed E-state index contributed by atoms with van der Waals surface area (Å²) in [7, 11) is 0. The lowest BCUT2D eigenvalue weighted by Gasteiger charge is -2.15. The zero-order valence-corrected chi connectivity index (χ0v) is 16.3. The van der Waals surface area contributed by atoms with Crippen molar-refractivity contribution in [1.29, 1.82) is 0 Å². The molecule has 0 bridgehead atoms. The van der Waals surface area contributed by atoms with Crippen LogP contribution in [0.1, 0.15) is 35.7 Å². The number of anilines is 2. The van der Waals surface area contributed by atoms with Gasteiger partial charge in [0, 0.05) is 48.1 Å². The maximum absolute atomic E-state index is 12.2. The average Bonchev–Trinajstić information content (AvgIpc) is 3.09. The first-order valence-electron chi connectivity index (χ1n) is 8.86. The van der Waals surface area contributed by atoms with Gasteiger partial charge in [-0.25, -0.2) is 0 Å². The molecule has 1 N–H and O–H groups in total. The average molecular weight is 382 g/mol. The van der Waals surface area contributed by atoms with E-state index in [0.717, 1.165) is 22.6 Å². The molecular formula is C21H22N2O3S. The first kappa shape index (κ1) is 19.2. The summed E-state index contributed by atoms with van der Waals surface area (Å²) in [5.74, 6) is -0.205. The fourth-order valence-electron chi connectivity index (χ4n) is 3.18. The Morgan fingerprint density at radius 3 is 2.48 bits per heavy atom. The second kappa shape index (κ2) is 8.39. The van der Waals surface area contributed by atoms with Gasteiger partial charge in [0.15, 0.2) is 5.78 Å². The Bertz CT molecular complexity index is 877. The molecule has 27 heavy (non-hydrogen) atoms. The minimum Gasteiger partial charge on any atom is -0.326 e. The van der Waals surface area contributed by atoms with Gasteiger partial charge in [0.25, 0.3) is 0 Å². The smallest absolute Gasteiger partial charge is 0.224 e. The molecule has 2 aromatic carbocycles. The van der Waals surface area contributed by atoms with Crippen molar-refractivity contribution in [3.05, 3.63) is 53.6 Å². The highest BCUT2D eigenvalue weighted by atomic mass is 32.2. The number of nitrogens with one attached hydrogen (secondary N) is 1. The molecule has 0 aliphatic carbocycles. The summed E-state index contributed by atoms with van der Waals surface area (Å²) in [6.45, 7) is 2.22. The van der Waals surface area contributed by atoms with Gasteiger partial charge < -0.3 is 10.2 Å². The molecule has 0 fully saturated rings. The molecule has 2 aromatic rings. The highest BCUT2D eigenvalue weighted by molar-refractivity contribution is 7.98. The quantitative estimate of drug-likeness (QED) is 0.607. The summed E-state index contributed by atoms with van der Waals surface area (Å²) < 4.78 is 0. The first-order valence-corrected chi connectivity index (χ1v) is 10.1. The normalized spacial score (nSPS) is 12.6. The number of fused-ring (bicyclic) bond motifs is 1. The van der Waals surface area contributed by atoms with Gasteiger partial charge in [0.05, 0.1) is 0 Å². The van der Waals surface area contributed by atoms with E-state index in [4.69, 9.17) is 0 Å². The van der Waals surface area contributed by atoms with Crippen LogP contribution in [0.15, 0.2) is 47.4 Å². The van der Waals surface area contributed by atoms with E-state index in [1.54, 1.807) is 41.8 Å². The lowest BCUT2D eigenvalue weighted by molar-refractivity contribution is -0.117. The molecule has 1 aliphatic heterocycles. The zero-order chi connectivity index (χ0) is 19.4. The maximum Gasteiger partial charge on any atom is 0.224 e. The van der Waals surface area contributed by atoms with Crippen LogP contribution in [0.2, 0.25) is 0 Å². The van der Waals surface area contributed by atoms with Crippen LogP contribution >= 0.6 is 11.8 Å². The lowest BCUT2D eigenvalue weighted by atomic mass is 10.1. The number of carbonyl (C=O) groups excluding carboxylic acids is 3. The minimum atomic E-state index is -0.189. The monoisotopic (exact) mass is 382 g/mol. The zero-order valence-electron chi connectivity index (χ0n) is 15.5. The second-order valence-corrected chi connectivity index (χ2v) is 7.34. The third kappa shape index (κ3) is 4.57. The van der Waals surface area contributed by atoms with Gasteiger partial charge in [-0.1, -0.05) is 12.1 Å². The molecule has 5 nitrogen and oxygen atoms in total. The molecule has 0 spiro atoms. The fourth-order valence-corrected chi connectivity index (χ4v) is 3.59. The first-order chi connectivity index (χ1) is 13.0. The molecule has 3 rings (SSSR count). The minimum absolute atomic E-state index is 0.0228. The van der Waals surface area contributed by atoms with Crippen molar-refractivity contribution < 1.29 is 14.4 Å². The highest BCUT2D eigenvalue weighted by Gasteiger charge is 2.22. The summed E-state index contributed by atoms with van der Waals surface area (Å²) in [6, 6.07) is 13.0. The van der Waals surface area contributed by atoms with E-state index in [9.17, 15) is 14.4 Å². The van der Waals surface area contributed by atoms with Crippen molar-refractivity contribution in [3.63, 3.8) is 0 Å². The number of benzene rings is 2. The van der Waals surface area contributed by atoms with Crippen LogP contribution in [0.4, 0.5) is 11.4 Å². The number of hydrogen-bond acceptors (Lipinski definition) is 4. The standard InChI is InChI=1S/C21H22N2O3S/c1-14(24)23-12-11-16-13-17(5-8-19(16)23)22-21(26)10-9-20(25)15-3-6-18(27-2)7-4-15/h3-8,13H,9-12H2,1-2H3,(H,22,26). The van der Waals surface area contributed by atoms with E-state index in [0.29, 0.717) is 17.8 Å². The summed E-state index contributed by atoms with van der Waals surface area (Å²) in [6.07, 6.45) is 3.08. The van der Waals surface area contributed by atoms with Crippen molar-refractivity contribution in [1.82, 2.24) is 0 Å². The molecule has 0 unspecified atom stereocenters. The largest absolute Gasteiger partial charge is 0.326 e. The Morgan fingerprint density at radius 1 is 1.07 bits per heavy atom. The molecule has 6 heteroatoms. The highest BCUT2D eigenvalue weighted by Crippen LogP contribution is 2.30. The van der Waals surface area contributed by atoms with Crippen LogP contribution < -0.4 is 10.2 Å². The van der Waals surface area contributed by atoms with E-state index in [-0.39, 0.29) is 30.4 Å². The number of hydrogen-bond donors (Lipinski definition) is 1. The molecule has 0 aromatic heterocycles. The number of Topliss-reactive ketones (excluding diaryl/α,β-unsaturated/α-hetero) is 1. The Balaban J connectivity index is 1.55. The van der Waals surface area contributed by atoms with Gasteiger partial charge in [-0.15, -0.1) is 11.8 Å². The Morgan fingerprint density at radius 2 is 1.81 bits per heavy atom. The van der Waals surface area contributed by atoms with Gasteiger partial charge in [0.1, 0.15) is 0 Å². The van der Waals surface area contributed by atoms with E-state index in [1.165, 1.54) is 0 Å². The Labute approximate surface area is 163 Å². The van der Waals surface area contributed by atoms with Crippen molar-refractivity contribution in [2.24, 2.45) is 0 Å². The predicted molar refractivity (Wildman–Crippen MR) is 109 cm³/mol. The molecular weight excluding hydrogens is 360 g/mol. The van der Waals surface area contributed by atoms with Crippen molar-refractivity contribution in [3.8, 4) is 0 Å². The summed E-state index contributed by atoms with van der Waals surface area (Å²) in [4.78, 5) is 38.9. The van der Waals surface area contributed by atoms with Crippen molar-refractivity contribution >= 4 is 40.7 Å². The van der Waals surface area contributed by atoms with Gasteiger partial charge in [-0.3, -0.25) is 14.4 Å². The SMILES string of the molecule is CSc1ccc(C(=O)CCC(=O)Nc2ccc3c(c2)CCN3C(C)=O)cc1. The van der Waals surface area contributed by atoms with Gasteiger partial charge in [0.2, 0.25) is 11.8 Å². The van der Waals surface area contributed by atoms with Crippen LogP contribution in [-0.2, 0) is 16.0 Å². The molecule has 0 saturated carbocycles. The van der Waals surface area contributed by atoms with E-state index < -0.39 is 0 Å². The predicted octanol–water partition coefficient (Wildman–Crippen LogP) is 3.92. The molecule has 0 atom stereocenters. The molecule has 1 aliphatic rings. The molecule has 2 amide bonds. The van der Waals surface area contributed by atoms with Crippen LogP contribution in [-0.4, -0.2) is 30.4 Å².